The van der Waals surface area contributed by atoms with Crippen molar-refractivity contribution in [1.29, 1.82) is 0 Å². The van der Waals surface area contributed by atoms with Crippen LogP contribution in [0.25, 0.3) is 88.6 Å². The Hall–Kier alpha value is -5.13. The number of rotatable bonds is 1. The van der Waals surface area contributed by atoms with Crippen LogP contribution in [0, 0.1) is 5.92 Å². The highest BCUT2D eigenvalue weighted by molar-refractivity contribution is 6.36. The van der Waals surface area contributed by atoms with Crippen LogP contribution in [0.15, 0.2) is 99.8 Å². The molecule has 1 aliphatic rings. The minimum atomic E-state index is 0.300. The zero-order chi connectivity index (χ0) is 28.4. The van der Waals surface area contributed by atoms with E-state index < -0.39 is 0 Å². The highest BCUT2D eigenvalue weighted by Gasteiger charge is 2.26. The Labute approximate surface area is 249 Å². The number of para-hydroxylation sites is 2. The highest BCUT2D eigenvalue weighted by Crippen LogP contribution is 2.47. The molecular weight excluding hydrogens is 554 g/mol. The molecule has 0 bridgehead atoms. The topological polar surface area (TPSA) is 57.0 Å². The normalized spacial score (nSPS) is 15.3. The van der Waals surface area contributed by atoms with E-state index >= 15 is 0 Å². The first-order valence-electron chi connectivity index (χ1n) is 14.5. The second-order valence-corrected chi connectivity index (χ2v) is 12.0. The molecule has 0 saturated carbocycles. The van der Waals surface area contributed by atoms with E-state index in [1.165, 1.54) is 11.1 Å². The summed E-state index contributed by atoms with van der Waals surface area (Å²) in [7, 11) is 0. The number of benzene rings is 5. The van der Waals surface area contributed by atoms with E-state index in [1.807, 2.05) is 30.3 Å². The van der Waals surface area contributed by atoms with Crippen LogP contribution in [0.1, 0.15) is 18.1 Å². The molecule has 1 aliphatic carbocycles. The molecule has 6 heteroatoms. The van der Waals surface area contributed by atoms with E-state index in [4.69, 9.17) is 30.4 Å². The summed E-state index contributed by atoms with van der Waals surface area (Å²) in [6, 6.07) is 29.3. The van der Waals surface area contributed by atoms with Crippen molar-refractivity contribution in [2.45, 2.75) is 13.3 Å². The van der Waals surface area contributed by atoms with Gasteiger partial charge in [-0.15, -0.1) is 0 Å². The average Bonchev–Trinajstić information content (AvgIpc) is 3.69. The van der Waals surface area contributed by atoms with Crippen LogP contribution in [-0.2, 0) is 6.42 Å². The average molecular weight is 576 g/mol. The van der Waals surface area contributed by atoms with Gasteiger partial charge in [0, 0.05) is 26.9 Å². The number of furan rings is 2. The van der Waals surface area contributed by atoms with Crippen LogP contribution in [-0.4, -0.2) is 14.5 Å². The van der Waals surface area contributed by atoms with Crippen molar-refractivity contribution in [1.82, 2.24) is 14.5 Å². The lowest BCUT2D eigenvalue weighted by Crippen LogP contribution is -2.02. The van der Waals surface area contributed by atoms with E-state index in [9.17, 15) is 0 Å². The lowest BCUT2D eigenvalue weighted by molar-refractivity contribution is 0.651. The molecule has 5 nitrogen and oxygen atoms in total. The molecule has 43 heavy (non-hydrogen) atoms. The Morgan fingerprint density at radius 3 is 2.37 bits per heavy atom. The van der Waals surface area contributed by atoms with Crippen molar-refractivity contribution in [2.75, 3.05) is 0 Å². The maximum absolute atomic E-state index is 7.03. The SMILES string of the molecule is CC1C=Cc2cc3c(cc2C1)oc1c3c2ccccc2c2c3ccccc3n(-c3nc4oc5ccccc5c4nc3Cl)c12. The molecule has 204 valence electrons. The Bertz CT molecular complexity index is 2690. The Balaban J connectivity index is 1.42. The molecule has 1 atom stereocenters. The van der Waals surface area contributed by atoms with E-state index in [-0.39, 0.29) is 0 Å². The van der Waals surface area contributed by atoms with E-state index in [2.05, 4.69) is 78.2 Å². The van der Waals surface area contributed by atoms with Gasteiger partial charge in [0.1, 0.15) is 16.7 Å². The van der Waals surface area contributed by atoms with Gasteiger partial charge in [-0.1, -0.05) is 85.3 Å². The first kappa shape index (κ1) is 23.4. The fraction of sp³-hybridized carbons (Fsp3) is 0.0811. The first-order chi connectivity index (χ1) is 21.1. The molecule has 5 aromatic carbocycles. The molecule has 0 saturated heterocycles. The summed E-state index contributed by atoms with van der Waals surface area (Å²) in [5, 5.41) is 7.88. The molecule has 0 amide bonds. The van der Waals surface area contributed by atoms with Crippen molar-refractivity contribution in [3.63, 3.8) is 0 Å². The third-order valence-electron chi connectivity index (χ3n) is 9.02. The van der Waals surface area contributed by atoms with Gasteiger partial charge in [0.25, 0.3) is 0 Å². The monoisotopic (exact) mass is 575 g/mol. The van der Waals surface area contributed by atoms with Crippen LogP contribution in [0.4, 0.5) is 0 Å². The van der Waals surface area contributed by atoms with E-state index in [0.29, 0.717) is 28.1 Å². The molecule has 0 aliphatic heterocycles. The molecule has 0 fully saturated rings. The van der Waals surface area contributed by atoms with Gasteiger partial charge in [-0.3, -0.25) is 4.57 Å². The Morgan fingerprint density at radius 2 is 1.51 bits per heavy atom. The maximum Gasteiger partial charge on any atom is 0.248 e. The van der Waals surface area contributed by atoms with Crippen LogP contribution >= 0.6 is 11.6 Å². The van der Waals surface area contributed by atoms with Gasteiger partial charge in [0.05, 0.1) is 11.0 Å². The molecule has 9 aromatic rings. The fourth-order valence-electron chi connectivity index (χ4n) is 7.15. The van der Waals surface area contributed by atoms with Crippen molar-refractivity contribution in [3.05, 3.63) is 107 Å². The van der Waals surface area contributed by atoms with Crippen molar-refractivity contribution >= 4 is 94.4 Å². The van der Waals surface area contributed by atoms with Gasteiger partial charge >= 0.3 is 0 Å². The number of allylic oxidation sites excluding steroid dienone is 1. The molecule has 4 aromatic heterocycles. The van der Waals surface area contributed by atoms with Crippen molar-refractivity contribution in [2.24, 2.45) is 5.92 Å². The summed E-state index contributed by atoms with van der Waals surface area (Å²) in [6.07, 6.45) is 5.54. The van der Waals surface area contributed by atoms with Gasteiger partial charge in [-0.25, -0.2) is 4.98 Å². The molecular formula is C37H22ClN3O2. The lowest BCUT2D eigenvalue weighted by Gasteiger charge is -2.15. The molecule has 0 radical (unpaired) electrons. The van der Waals surface area contributed by atoms with Crippen LogP contribution in [0.5, 0.6) is 0 Å². The molecule has 0 spiro atoms. The van der Waals surface area contributed by atoms with E-state index in [0.717, 1.165) is 71.9 Å². The predicted molar refractivity (Wildman–Crippen MR) is 175 cm³/mol. The summed E-state index contributed by atoms with van der Waals surface area (Å²) in [6.45, 7) is 2.25. The first-order valence-corrected chi connectivity index (χ1v) is 14.9. The third kappa shape index (κ3) is 3.07. The van der Waals surface area contributed by atoms with Crippen LogP contribution in [0.3, 0.4) is 0 Å². The largest absolute Gasteiger partial charge is 0.454 e. The maximum atomic E-state index is 7.03. The number of hydrogen-bond acceptors (Lipinski definition) is 4. The third-order valence-corrected chi connectivity index (χ3v) is 9.27. The van der Waals surface area contributed by atoms with Gasteiger partial charge in [-0.2, -0.15) is 4.98 Å². The highest BCUT2D eigenvalue weighted by atomic mass is 35.5. The predicted octanol–water partition coefficient (Wildman–Crippen LogP) is 10.4. The second-order valence-electron chi connectivity index (χ2n) is 11.6. The van der Waals surface area contributed by atoms with Gasteiger partial charge in [-0.05, 0) is 64.6 Å². The number of fused-ring (bicyclic) bond motifs is 14. The molecule has 10 rings (SSSR count). The lowest BCUT2D eigenvalue weighted by atomic mass is 9.89. The van der Waals surface area contributed by atoms with Crippen molar-refractivity contribution < 1.29 is 8.83 Å². The Kier molecular flexibility index (Phi) is 4.49. The summed E-state index contributed by atoms with van der Waals surface area (Å²) in [4.78, 5) is 9.85. The number of aromatic nitrogens is 3. The molecule has 0 N–H and O–H groups in total. The molecule has 1 unspecified atom stereocenters. The molecule has 4 heterocycles. The summed E-state index contributed by atoms with van der Waals surface area (Å²) in [5.74, 6) is 1.01. The summed E-state index contributed by atoms with van der Waals surface area (Å²) < 4.78 is 15.2. The summed E-state index contributed by atoms with van der Waals surface area (Å²) in [5.41, 5.74) is 7.97. The zero-order valence-corrected chi connectivity index (χ0v) is 23.8. The summed E-state index contributed by atoms with van der Waals surface area (Å²) >= 11 is 7.03. The zero-order valence-electron chi connectivity index (χ0n) is 23.1. The quantitative estimate of drug-likeness (QED) is 0.195. The van der Waals surface area contributed by atoms with Crippen molar-refractivity contribution in [3.8, 4) is 5.82 Å². The number of hydrogen-bond donors (Lipinski definition) is 0. The fourth-order valence-corrected chi connectivity index (χ4v) is 7.36. The second kappa shape index (κ2) is 8.24. The van der Waals surface area contributed by atoms with Crippen LogP contribution < -0.4 is 0 Å². The number of nitrogens with zero attached hydrogens (tertiary/aromatic N) is 3. The Morgan fingerprint density at radius 1 is 0.767 bits per heavy atom. The standard InChI is InChI=1S/C37H22ClN3O2/c1-19-14-15-20-17-26-29(18-21(20)16-19)42-34-31(26)23-9-3-2-8-22(23)30-24-10-4-6-12-27(24)41(33(30)34)36-35(38)39-32-25-11-5-7-13-28(25)43-37(32)40-36/h2-15,17-19H,16H2,1H3. The minimum absolute atomic E-state index is 0.300. The van der Waals surface area contributed by atoms with Gasteiger partial charge < -0.3 is 8.83 Å². The smallest absolute Gasteiger partial charge is 0.248 e. The van der Waals surface area contributed by atoms with Crippen LogP contribution in [0.2, 0.25) is 5.15 Å². The minimum Gasteiger partial charge on any atom is -0.454 e. The number of halogens is 1. The van der Waals surface area contributed by atoms with E-state index in [1.54, 1.807) is 0 Å². The van der Waals surface area contributed by atoms with Gasteiger partial charge in [0.2, 0.25) is 5.71 Å². The van der Waals surface area contributed by atoms with Gasteiger partial charge in [0.15, 0.2) is 16.6 Å².